The van der Waals surface area contributed by atoms with Gasteiger partial charge in [-0.3, -0.25) is 0 Å². The van der Waals surface area contributed by atoms with E-state index >= 15 is 0 Å². The highest BCUT2D eigenvalue weighted by Crippen LogP contribution is 2.30. The van der Waals surface area contributed by atoms with Crippen molar-refractivity contribution in [2.75, 3.05) is 0 Å². The molecule has 5 heteroatoms. The second-order valence-corrected chi connectivity index (χ2v) is 3.40. The molecule has 1 nitrogen and oxygen atoms in total. The predicted octanol–water partition coefficient (Wildman–Crippen LogP) is 2.77. The van der Waals surface area contributed by atoms with Crippen LogP contribution >= 0.6 is 0 Å². The molecule has 0 aliphatic heterocycles. The van der Waals surface area contributed by atoms with E-state index in [1.54, 1.807) is 0 Å². The number of benzene rings is 1. The Bertz CT molecular complexity index is 344. The highest BCUT2D eigenvalue weighted by Gasteiger charge is 2.31. The molecule has 0 saturated carbocycles. The van der Waals surface area contributed by atoms with Gasteiger partial charge in [0, 0.05) is 0 Å². The largest absolute Gasteiger partial charge is 0.416 e. The van der Waals surface area contributed by atoms with Crippen LogP contribution in [0.15, 0.2) is 18.2 Å². The van der Waals surface area contributed by atoms with E-state index in [1.165, 1.54) is 6.92 Å². The third kappa shape index (κ3) is 3.51. The molecule has 1 atom stereocenters. The molecule has 1 N–H and O–H groups in total. The van der Waals surface area contributed by atoms with E-state index in [0.717, 1.165) is 12.1 Å². The first-order valence-electron chi connectivity index (χ1n) is 4.34. The zero-order chi connectivity index (χ0) is 11.6. The van der Waals surface area contributed by atoms with E-state index in [2.05, 4.69) is 0 Å². The molecule has 0 aliphatic carbocycles. The van der Waals surface area contributed by atoms with Crippen LogP contribution in [0.25, 0.3) is 0 Å². The van der Waals surface area contributed by atoms with E-state index in [0.29, 0.717) is 6.07 Å². The second-order valence-electron chi connectivity index (χ2n) is 3.40. The molecule has 0 unspecified atom stereocenters. The first kappa shape index (κ1) is 12.0. The summed E-state index contributed by atoms with van der Waals surface area (Å²) in [5.74, 6) is -0.944. The summed E-state index contributed by atoms with van der Waals surface area (Å²) in [6, 6.07) is 2.27. The lowest BCUT2D eigenvalue weighted by atomic mass is 10.1. The van der Waals surface area contributed by atoms with Gasteiger partial charge in [-0.1, -0.05) is 0 Å². The summed E-state index contributed by atoms with van der Waals surface area (Å²) in [6.07, 6.45) is -5.36. The lowest BCUT2D eigenvalue weighted by Gasteiger charge is -2.10. The number of aliphatic hydroxyl groups excluding tert-OH is 1. The van der Waals surface area contributed by atoms with Crippen LogP contribution in [0.2, 0.25) is 0 Å². The average Bonchev–Trinajstić information content (AvgIpc) is 1.99. The molecule has 15 heavy (non-hydrogen) atoms. The van der Waals surface area contributed by atoms with Crippen LogP contribution < -0.4 is 0 Å². The Morgan fingerprint density at radius 2 is 1.87 bits per heavy atom. The van der Waals surface area contributed by atoms with Gasteiger partial charge < -0.3 is 5.11 Å². The van der Waals surface area contributed by atoms with E-state index in [1.807, 2.05) is 0 Å². The summed E-state index contributed by atoms with van der Waals surface area (Å²) in [5, 5.41) is 8.99. The van der Waals surface area contributed by atoms with Crippen LogP contribution in [-0.2, 0) is 12.6 Å². The van der Waals surface area contributed by atoms with E-state index < -0.39 is 23.7 Å². The third-order valence-electron chi connectivity index (χ3n) is 1.82. The van der Waals surface area contributed by atoms with Crippen molar-refractivity contribution in [1.82, 2.24) is 0 Å². The number of hydrogen-bond donors (Lipinski definition) is 1. The maximum atomic E-state index is 12.8. The maximum absolute atomic E-state index is 12.8. The Balaban J connectivity index is 3.06. The van der Waals surface area contributed by atoms with Crippen molar-refractivity contribution < 1.29 is 22.7 Å². The summed E-state index contributed by atoms with van der Waals surface area (Å²) >= 11 is 0. The van der Waals surface area contributed by atoms with E-state index in [9.17, 15) is 17.6 Å². The third-order valence-corrected chi connectivity index (χ3v) is 1.82. The molecule has 1 rings (SSSR count). The Kier molecular flexibility index (Phi) is 3.34. The Hall–Kier alpha value is -1.10. The van der Waals surface area contributed by atoms with E-state index in [-0.39, 0.29) is 12.0 Å². The van der Waals surface area contributed by atoms with Gasteiger partial charge in [0.2, 0.25) is 0 Å². The quantitative estimate of drug-likeness (QED) is 0.763. The molecule has 0 radical (unpaired) electrons. The van der Waals surface area contributed by atoms with Crippen molar-refractivity contribution in [3.05, 3.63) is 35.1 Å². The Labute approximate surface area is 84.3 Å². The summed E-state index contributed by atoms with van der Waals surface area (Å²) < 4.78 is 49.6. The van der Waals surface area contributed by atoms with Gasteiger partial charge in [-0.05, 0) is 37.1 Å². The first-order valence-corrected chi connectivity index (χ1v) is 4.34. The number of hydrogen-bond acceptors (Lipinski definition) is 1. The van der Waals surface area contributed by atoms with Crippen LogP contribution in [0.1, 0.15) is 18.1 Å². The van der Waals surface area contributed by atoms with Gasteiger partial charge in [-0.25, -0.2) is 4.39 Å². The van der Waals surface area contributed by atoms with Gasteiger partial charge in [-0.15, -0.1) is 0 Å². The highest BCUT2D eigenvalue weighted by molar-refractivity contribution is 5.27. The zero-order valence-electron chi connectivity index (χ0n) is 7.98. The van der Waals surface area contributed by atoms with Crippen molar-refractivity contribution in [2.45, 2.75) is 25.6 Å². The average molecular weight is 222 g/mol. The molecular formula is C10H10F4O. The van der Waals surface area contributed by atoms with Gasteiger partial charge in [-0.2, -0.15) is 13.2 Å². The number of rotatable bonds is 2. The molecule has 0 bridgehead atoms. The molecule has 84 valence electrons. The minimum absolute atomic E-state index is 0.000833. The molecule has 0 amide bonds. The van der Waals surface area contributed by atoms with Crippen LogP contribution in [0.3, 0.4) is 0 Å². The van der Waals surface area contributed by atoms with Gasteiger partial charge in [0.05, 0.1) is 11.7 Å². The van der Waals surface area contributed by atoms with Crippen molar-refractivity contribution >= 4 is 0 Å². The lowest BCUT2D eigenvalue weighted by Crippen LogP contribution is -2.09. The van der Waals surface area contributed by atoms with Crippen molar-refractivity contribution in [1.29, 1.82) is 0 Å². The van der Waals surface area contributed by atoms with Gasteiger partial charge in [0.25, 0.3) is 0 Å². The summed E-state index contributed by atoms with van der Waals surface area (Å²) in [5.41, 5.74) is -0.893. The molecule has 0 spiro atoms. The number of aliphatic hydroxyl groups is 1. The van der Waals surface area contributed by atoms with Gasteiger partial charge in [0.15, 0.2) is 0 Å². The molecule has 0 fully saturated rings. The molecule has 0 heterocycles. The first-order chi connectivity index (χ1) is 6.79. The molecule has 0 aromatic heterocycles. The fourth-order valence-electron chi connectivity index (χ4n) is 1.27. The topological polar surface area (TPSA) is 20.2 Å². The van der Waals surface area contributed by atoms with Crippen molar-refractivity contribution in [3.63, 3.8) is 0 Å². The van der Waals surface area contributed by atoms with Gasteiger partial charge in [0.1, 0.15) is 5.82 Å². The number of alkyl halides is 3. The molecule has 0 saturated heterocycles. The Morgan fingerprint density at radius 3 is 2.33 bits per heavy atom. The fraction of sp³-hybridized carbons (Fsp3) is 0.400. The van der Waals surface area contributed by atoms with E-state index in [4.69, 9.17) is 5.11 Å². The predicted molar refractivity (Wildman–Crippen MR) is 46.8 cm³/mol. The second kappa shape index (κ2) is 4.18. The molecular weight excluding hydrogens is 212 g/mol. The smallest absolute Gasteiger partial charge is 0.393 e. The molecule has 0 aliphatic rings. The number of halogens is 4. The summed E-state index contributed by atoms with van der Waals surface area (Å²) in [6.45, 7) is 1.43. The molecule has 1 aromatic rings. The fourth-order valence-corrected chi connectivity index (χ4v) is 1.27. The monoisotopic (exact) mass is 222 g/mol. The minimum Gasteiger partial charge on any atom is -0.393 e. The SMILES string of the molecule is C[C@@H](O)Cc1cc(F)cc(C(F)(F)F)c1. The van der Waals surface area contributed by atoms with Crippen LogP contribution in [0.4, 0.5) is 17.6 Å². The van der Waals surface area contributed by atoms with Crippen molar-refractivity contribution in [2.24, 2.45) is 0 Å². The summed E-state index contributed by atoms with van der Waals surface area (Å²) in [7, 11) is 0. The normalized spacial score (nSPS) is 14.0. The van der Waals surface area contributed by atoms with Crippen LogP contribution in [-0.4, -0.2) is 11.2 Å². The van der Waals surface area contributed by atoms with Gasteiger partial charge >= 0.3 is 6.18 Å². The Morgan fingerprint density at radius 1 is 1.27 bits per heavy atom. The van der Waals surface area contributed by atoms with Crippen LogP contribution in [0.5, 0.6) is 0 Å². The lowest BCUT2D eigenvalue weighted by molar-refractivity contribution is -0.137. The van der Waals surface area contributed by atoms with Crippen LogP contribution in [0, 0.1) is 5.82 Å². The highest BCUT2D eigenvalue weighted by atomic mass is 19.4. The van der Waals surface area contributed by atoms with Crippen molar-refractivity contribution in [3.8, 4) is 0 Å². The summed E-state index contributed by atoms with van der Waals surface area (Å²) in [4.78, 5) is 0. The molecule has 1 aromatic carbocycles. The maximum Gasteiger partial charge on any atom is 0.416 e. The zero-order valence-corrected chi connectivity index (χ0v) is 7.98. The minimum atomic E-state index is -4.56. The standard InChI is InChI=1S/C10H10F4O/c1-6(15)2-7-3-8(10(12,13)14)5-9(11)4-7/h3-6,15H,2H2,1H3/t6-/m1/s1.